The van der Waals surface area contributed by atoms with E-state index in [1.165, 1.54) is 6.07 Å². The first-order chi connectivity index (χ1) is 8.60. The molecule has 6 heteroatoms. The predicted octanol–water partition coefficient (Wildman–Crippen LogP) is 3.26. The summed E-state index contributed by atoms with van der Waals surface area (Å²) in [6.45, 7) is 2.20. The number of ether oxygens (including phenoxy) is 1. The fraction of sp³-hybridized carbons (Fsp3) is 0.417. The van der Waals surface area contributed by atoms with Crippen molar-refractivity contribution >= 4 is 22.6 Å². The van der Waals surface area contributed by atoms with Gasteiger partial charge < -0.3 is 9.30 Å². The summed E-state index contributed by atoms with van der Waals surface area (Å²) in [7, 11) is 1.55. The van der Waals surface area contributed by atoms with E-state index in [4.69, 9.17) is 16.3 Å². The maximum Gasteiger partial charge on any atom is 0.184 e. The van der Waals surface area contributed by atoms with Gasteiger partial charge in [0.1, 0.15) is 11.3 Å². The van der Waals surface area contributed by atoms with Crippen molar-refractivity contribution in [2.75, 3.05) is 13.7 Å². The van der Waals surface area contributed by atoms with Gasteiger partial charge in [-0.25, -0.2) is 13.8 Å². The van der Waals surface area contributed by atoms with E-state index in [9.17, 15) is 8.78 Å². The Morgan fingerprint density at radius 2 is 2.17 bits per heavy atom. The summed E-state index contributed by atoms with van der Waals surface area (Å²) in [5.41, 5.74) is 0.530. The highest BCUT2D eigenvalue weighted by molar-refractivity contribution is 6.16. The smallest absolute Gasteiger partial charge is 0.184 e. The van der Waals surface area contributed by atoms with Gasteiger partial charge >= 0.3 is 0 Å². The molecule has 1 unspecified atom stereocenters. The van der Waals surface area contributed by atoms with E-state index in [1.807, 2.05) is 6.92 Å². The Balaban J connectivity index is 2.70. The SMILES string of the molecule is COCC(C)n1c(CCl)nc2ccc(F)c(F)c21. The zero-order valence-electron chi connectivity index (χ0n) is 10.1. The first-order valence-corrected chi connectivity index (χ1v) is 6.03. The van der Waals surface area contributed by atoms with Crippen LogP contribution in [0.3, 0.4) is 0 Å². The third kappa shape index (κ3) is 2.08. The number of alkyl halides is 1. The number of halogens is 3. The van der Waals surface area contributed by atoms with Crippen molar-refractivity contribution in [3.05, 3.63) is 29.6 Å². The van der Waals surface area contributed by atoms with Gasteiger partial charge in [0.25, 0.3) is 0 Å². The van der Waals surface area contributed by atoms with Crippen molar-refractivity contribution in [1.29, 1.82) is 0 Å². The van der Waals surface area contributed by atoms with Crippen LogP contribution in [0.25, 0.3) is 11.0 Å². The minimum absolute atomic E-state index is 0.129. The van der Waals surface area contributed by atoms with Gasteiger partial charge in [-0.3, -0.25) is 0 Å². The average molecular weight is 275 g/mol. The molecule has 3 nitrogen and oxygen atoms in total. The highest BCUT2D eigenvalue weighted by Gasteiger charge is 2.20. The molecule has 0 bridgehead atoms. The monoisotopic (exact) mass is 274 g/mol. The van der Waals surface area contributed by atoms with E-state index in [0.29, 0.717) is 17.9 Å². The zero-order valence-corrected chi connectivity index (χ0v) is 10.8. The number of benzene rings is 1. The quantitative estimate of drug-likeness (QED) is 0.800. The molecule has 0 aliphatic carbocycles. The van der Waals surface area contributed by atoms with Crippen molar-refractivity contribution < 1.29 is 13.5 Å². The van der Waals surface area contributed by atoms with Crippen LogP contribution in [0.2, 0.25) is 0 Å². The molecule has 1 heterocycles. The summed E-state index contributed by atoms with van der Waals surface area (Å²) in [4.78, 5) is 4.21. The van der Waals surface area contributed by atoms with Crippen molar-refractivity contribution in [3.8, 4) is 0 Å². The van der Waals surface area contributed by atoms with Gasteiger partial charge in [0.05, 0.1) is 24.0 Å². The highest BCUT2D eigenvalue weighted by atomic mass is 35.5. The molecule has 1 atom stereocenters. The van der Waals surface area contributed by atoms with Crippen LogP contribution in [0.5, 0.6) is 0 Å². The predicted molar refractivity (Wildman–Crippen MR) is 65.8 cm³/mol. The first kappa shape index (κ1) is 13.2. The summed E-state index contributed by atoms with van der Waals surface area (Å²) >= 11 is 5.80. The van der Waals surface area contributed by atoms with Crippen LogP contribution in [-0.2, 0) is 10.6 Å². The van der Waals surface area contributed by atoms with Gasteiger partial charge in [0.2, 0.25) is 0 Å². The van der Waals surface area contributed by atoms with Crippen molar-refractivity contribution in [2.24, 2.45) is 0 Å². The van der Waals surface area contributed by atoms with Gasteiger partial charge in [0.15, 0.2) is 11.6 Å². The maximum absolute atomic E-state index is 13.9. The lowest BCUT2D eigenvalue weighted by molar-refractivity contribution is 0.162. The molecule has 1 aromatic carbocycles. The second-order valence-electron chi connectivity index (χ2n) is 4.07. The molecule has 0 radical (unpaired) electrons. The Bertz CT molecular complexity index is 571. The first-order valence-electron chi connectivity index (χ1n) is 5.49. The van der Waals surface area contributed by atoms with Gasteiger partial charge in [-0.1, -0.05) is 0 Å². The molecule has 0 saturated carbocycles. The number of imidazole rings is 1. The number of rotatable bonds is 4. The maximum atomic E-state index is 13.9. The second-order valence-corrected chi connectivity index (χ2v) is 4.33. The van der Waals surface area contributed by atoms with E-state index >= 15 is 0 Å². The standard InChI is InChI=1S/C12H13ClF2N2O/c1-7(6-18-2)17-10(5-13)16-9-4-3-8(14)11(15)12(9)17/h3-4,7H,5-6H2,1-2H3. The molecule has 98 valence electrons. The normalized spacial score (nSPS) is 13.2. The molecule has 0 aliphatic heterocycles. The third-order valence-electron chi connectivity index (χ3n) is 2.78. The summed E-state index contributed by atoms with van der Waals surface area (Å²) < 4.78 is 33.8. The lowest BCUT2D eigenvalue weighted by Gasteiger charge is -2.16. The minimum atomic E-state index is -0.903. The van der Waals surface area contributed by atoms with E-state index in [1.54, 1.807) is 11.7 Å². The van der Waals surface area contributed by atoms with Crippen molar-refractivity contribution in [2.45, 2.75) is 18.8 Å². The van der Waals surface area contributed by atoms with Crippen molar-refractivity contribution in [1.82, 2.24) is 9.55 Å². The largest absolute Gasteiger partial charge is 0.383 e. The van der Waals surface area contributed by atoms with Crippen LogP contribution in [0.15, 0.2) is 12.1 Å². The summed E-state index contributed by atoms with van der Waals surface area (Å²) in [5, 5.41) is 0. The summed E-state index contributed by atoms with van der Waals surface area (Å²) in [6, 6.07) is 2.33. The molecule has 0 saturated heterocycles. The number of hydrogen-bond donors (Lipinski definition) is 0. The van der Waals surface area contributed by atoms with Gasteiger partial charge in [-0.2, -0.15) is 0 Å². The molecule has 0 spiro atoms. The van der Waals surface area contributed by atoms with Crippen LogP contribution >= 0.6 is 11.6 Å². The second kappa shape index (κ2) is 5.20. The zero-order chi connectivity index (χ0) is 13.3. The lowest BCUT2D eigenvalue weighted by atomic mass is 10.2. The highest BCUT2D eigenvalue weighted by Crippen LogP contribution is 2.26. The molecular weight excluding hydrogens is 262 g/mol. The molecule has 2 aromatic rings. The number of fused-ring (bicyclic) bond motifs is 1. The van der Waals surface area contributed by atoms with Crippen LogP contribution in [0.4, 0.5) is 8.78 Å². The number of methoxy groups -OCH3 is 1. The summed E-state index contributed by atoms with van der Waals surface area (Å²) in [6.07, 6.45) is 0. The molecule has 0 fully saturated rings. The van der Waals surface area contributed by atoms with Crippen LogP contribution < -0.4 is 0 Å². The Labute approximate surface area is 108 Å². The fourth-order valence-electron chi connectivity index (χ4n) is 2.06. The number of nitrogens with zero attached hydrogens (tertiary/aromatic N) is 2. The Hall–Kier alpha value is -1.20. The average Bonchev–Trinajstić information content (AvgIpc) is 2.73. The van der Waals surface area contributed by atoms with Gasteiger partial charge in [-0.05, 0) is 19.1 Å². The minimum Gasteiger partial charge on any atom is -0.383 e. The lowest BCUT2D eigenvalue weighted by Crippen LogP contribution is -2.14. The Kier molecular flexibility index (Phi) is 3.82. The fourth-order valence-corrected chi connectivity index (χ4v) is 2.24. The van der Waals surface area contributed by atoms with Crippen LogP contribution in [-0.4, -0.2) is 23.3 Å². The Morgan fingerprint density at radius 3 is 2.78 bits per heavy atom. The van der Waals surface area contributed by atoms with E-state index in [-0.39, 0.29) is 17.4 Å². The molecule has 18 heavy (non-hydrogen) atoms. The van der Waals surface area contributed by atoms with Crippen molar-refractivity contribution in [3.63, 3.8) is 0 Å². The molecular formula is C12H13ClF2N2O. The molecule has 0 N–H and O–H groups in total. The number of aromatic nitrogens is 2. The molecule has 0 amide bonds. The van der Waals surface area contributed by atoms with E-state index in [0.717, 1.165) is 6.07 Å². The third-order valence-corrected chi connectivity index (χ3v) is 3.02. The molecule has 0 aliphatic rings. The van der Waals surface area contributed by atoms with E-state index in [2.05, 4.69) is 4.98 Å². The summed E-state index contributed by atoms with van der Waals surface area (Å²) in [5.74, 6) is -1.17. The van der Waals surface area contributed by atoms with Gasteiger partial charge in [0, 0.05) is 7.11 Å². The van der Waals surface area contributed by atoms with E-state index < -0.39 is 11.6 Å². The van der Waals surface area contributed by atoms with Crippen LogP contribution in [0.1, 0.15) is 18.8 Å². The topological polar surface area (TPSA) is 27.1 Å². The number of hydrogen-bond acceptors (Lipinski definition) is 2. The molecule has 2 rings (SSSR count). The van der Waals surface area contributed by atoms with Gasteiger partial charge in [-0.15, -0.1) is 11.6 Å². The Morgan fingerprint density at radius 1 is 1.44 bits per heavy atom. The molecule has 1 aromatic heterocycles. The van der Waals surface area contributed by atoms with Crippen LogP contribution in [0, 0.1) is 11.6 Å².